The highest BCUT2D eigenvalue weighted by Gasteiger charge is 2.35. The number of aromatic nitrogens is 6. The van der Waals surface area contributed by atoms with Gasteiger partial charge < -0.3 is 19.3 Å². The molecule has 0 bridgehead atoms. The van der Waals surface area contributed by atoms with Crippen LogP contribution in [0.1, 0.15) is 69.3 Å². The van der Waals surface area contributed by atoms with Gasteiger partial charge in [0, 0.05) is 5.56 Å². The van der Waals surface area contributed by atoms with Gasteiger partial charge in [-0.2, -0.15) is 10.2 Å². The second kappa shape index (κ2) is 11.5. The van der Waals surface area contributed by atoms with Gasteiger partial charge in [0.1, 0.15) is 11.3 Å². The maximum atomic E-state index is 13.4. The van der Waals surface area contributed by atoms with Crippen LogP contribution >= 0.6 is 0 Å². The van der Waals surface area contributed by atoms with Gasteiger partial charge in [0.05, 0.1) is 18.6 Å². The monoisotopic (exact) mass is 562 g/mol. The number of ether oxygens (including phenoxy) is 3. The third kappa shape index (κ3) is 6.27. The summed E-state index contributed by atoms with van der Waals surface area (Å²) in [6, 6.07) is 15.1. The van der Waals surface area contributed by atoms with E-state index in [-0.39, 0.29) is 17.4 Å². The van der Waals surface area contributed by atoms with Gasteiger partial charge in [-0.1, -0.05) is 48.5 Å². The zero-order valence-electron chi connectivity index (χ0n) is 24.1. The summed E-state index contributed by atoms with van der Waals surface area (Å²) in [4.78, 5) is 29.9. The number of nitrogens with zero attached hydrogens (tertiary/aromatic N) is 5. The molecule has 0 aliphatic rings. The number of benzene rings is 2. The Morgan fingerprint density at radius 3 is 2.22 bits per heavy atom. The summed E-state index contributed by atoms with van der Waals surface area (Å²) in [7, 11) is 1.43. The number of hydrogen-bond donors (Lipinski definition) is 2. The van der Waals surface area contributed by atoms with Gasteiger partial charge in [-0.05, 0) is 63.4 Å². The quantitative estimate of drug-likeness (QED) is 0.223. The largest absolute Gasteiger partial charge is 0.468 e. The fourth-order valence-electron chi connectivity index (χ4n) is 4.25. The van der Waals surface area contributed by atoms with Crippen molar-refractivity contribution >= 4 is 11.9 Å². The predicted molar refractivity (Wildman–Crippen MR) is 149 cm³/mol. The number of carbonyl (C=O) groups is 2. The van der Waals surface area contributed by atoms with Crippen LogP contribution in [-0.2, 0) is 19.9 Å². The van der Waals surface area contributed by atoms with Crippen LogP contribution in [0.4, 0.5) is 0 Å². The maximum absolute atomic E-state index is 13.4. The lowest BCUT2D eigenvalue weighted by atomic mass is 9.97. The highest BCUT2D eigenvalue weighted by atomic mass is 16.7. The van der Waals surface area contributed by atoms with Crippen molar-refractivity contribution in [2.24, 2.45) is 5.41 Å². The summed E-state index contributed by atoms with van der Waals surface area (Å²) in [5.74, 6) is -0.859. The second-order valence-electron chi connectivity index (χ2n) is 11.0. The molecule has 2 heterocycles. The van der Waals surface area contributed by atoms with E-state index >= 15 is 0 Å². The number of tetrazole rings is 1. The molecule has 12 heteroatoms. The molecule has 1 atom stereocenters. The van der Waals surface area contributed by atoms with E-state index in [1.165, 1.54) is 21.0 Å². The minimum Gasteiger partial charge on any atom is -0.468 e. The molecule has 12 nitrogen and oxygen atoms in total. The van der Waals surface area contributed by atoms with Gasteiger partial charge >= 0.3 is 11.9 Å². The van der Waals surface area contributed by atoms with Gasteiger partial charge in [0.2, 0.25) is 12.6 Å². The number of nitrogens with one attached hydrogen (secondary N) is 1. The summed E-state index contributed by atoms with van der Waals surface area (Å²) in [6.07, 6.45) is 0. The van der Waals surface area contributed by atoms with Crippen LogP contribution in [0.5, 0.6) is 6.01 Å². The first-order valence-corrected chi connectivity index (χ1v) is 13.0. The Morgan fingerprint density at radius 1 is 1.00 bits per heavy atom. The molecule has 0 spiro atoms. The molecule has 216 valence electrons. The summed E-state index contributed by atoms with van der Waals surface area (Å²) in [5, 5.41) is 25.2. The zero-order valence-corrected chi connectivity index (χ0v) is 24.1. The Bertz CT molecular complexity index is 1510. The molecule has 0 fully saturated rings. The van der Waals surface area contributed by atoms with Gasteiger partial charge in [-0.25, -0.2) is 4.79 Å². The lowest BCUT2D eigenvalue weighted by molar-refractivity contribution is -0.161. The first-order valence-electron chi connectivity index (χ1n) is 13.0. The average Bonchev–Trinajstić information content (AvgIpc) is 3.60. The van der Waals surface area contributed by atoms with Crippen molar-refractivity contribution in [1.82, 2.24) is 30.2 Å². The lowest BCUT2D eigenvalue weighted by Gasteiger charge is -2.21. The molecule has 41 heavy (non-hydrogen) atoms. The van der Waals surface area contributed by atoms with Crippen LogP contribution in [0, 0.1) is 5.41 Å². The Kier molecular flexibility index (Phi) is 8.24. The number of hydrogen-bond acceptors (Lipinski definition) is 10. The summed E-state index contributed by atoms with van der Waals surface area (Å²) in [6.45, 7) is 9.39. The molecular weight excluding hydrogens is 528 g/mol. The number of carbonyl (C=O) groups excluding carboxylic acids is 2. The molecule has 0 amide bonds. The SMILES string of the molecule is COc1nc(C(C)(C)O)c(C(=O)OCOC(=O)C(C)(C)C)n1C(C)c1ccc(-c2ccccc2-c2nn[nH]n2)cc1. The molecule has 0 saturated carbocycles. The smallest absolute Gasteiger partial charge is 0.360 e. The third-order valence-corrected chi connectivity index (χ3v) is 6.43. The third-order valence-electron chi connectivity index (χ3n) is 6.43. The normalized spacial score (nSPS) is 12.6. The molecule has 4 aromatic rings. The predicted octanol–water partition coefficient (Wildman–Crippen LogP) is 4.28. The number of rotatable bonds is 9. The van der Waals surface area contributed by atoms with Crippen LogP contribution in [0.15, 0.2) is 48.5 Å². The van der Waals surface area contributed by atoms with Gasteiger partial charge in [-0.15, -0.1) is 10.2 Å². The molecule has 2 N–H and O–H groups in total. The van der Waals surface area contributed by atoms with E-state index in [1.54, 1.807) is 25.3 Å². The van der Waals surface area contributed by atoms with E-state index in [9.17, 15) is 14.7 Å². The fraction of sp³-hybridized carbons (Fsp3) is 0.379. The summed E-state index contributed by atoms with van der Waals surface area (Å²) in [5.41, 5.74) is 1.30. The number of imidazole rings is 1. The van der Waals surface area contributed by atoms with Crippen LogP contribution < -0.4 is 4.74 Å². The Hall–Kier alpha value is -4.58. The molecule has 4 rings (SSSR count). The first-order chi connectivity index (χ1) is 19.3. The van der Waals surface area contributed by atoms with Crippen molar-refractivity contribution < 1.29 is 28.9 Å². The lowest BCUT2D eigenvalue weighted by Crippen LogP contribution is -2.27. The maximum Gasteiger partial charge on any atom is 0.360 e. The van der Waals surface area contributed by atoms with E-state index in [1.807, 2.05) is 55.5 Å². The van der Waals surface area contributed by atoms with E-state index < -0.39 is 35.8 Å². The van der Waals surface area contributed by atoms with Gasteiger partial charge in [-0.3, -0.25) is 9.36 Å². The Balaban J connectivity index is 1.68. The van der Waals surface area contributed by atoms with Crippen LogP contribution in [0.2, 0.25) is 0 Å². The number of aromatic amines is 1. The van der Waals surface area contributed by atoms with Crippen LogP contribution in [0.25, 0.3) is 22.5 Å². The molecule has 0 radical (unpaired) electrons. The molecule has 2 aromatic carbocycles. The van der Waals surface area contributed by atoms with E-state index in [2.05, 4.69) is 25.6 Å². The zero-order chi connectivity index (χ0) is 29.9. The Morgan fingerprint density at radius 2 is 1.66 bits per heavy atom. The minimum atomic E-state index is -1.50. The highest BCUT2D eigenvalue weighted by molar-refractivity contribution is 5.90. The van der Waals surface area contributed by atoms with E-state index in [0.29, 0.717) is 5.82 Å². The highest BCUT2D eigenvalue weighted by Crippen LogP contribution is 2.35. The molecule has 0 aliphatic heterocycles. The number of H-pyrrole nitrogens is 1. The molecule has 1 unspecified atom stereocenters. The second-order valence-corrected chi connectivity index (χ2v) is 11.0. The Labute approximate surface area is 237 Å². The van der Waals surface area contributed by atoms with Crippen molar-refractivity contribution in [1.29, 1.82) is 0 Å². The number of esters is 2. The number of methoxy groups -OCH3 is 1. The van der Waals surface area contributed by atoms with Crippen LogP contribution in [-0.4, -0.2) is 61.1 Å². The van der Waals surface area contributed by atoms with Crippen LogP contribution in [0.3, 0.4) is 0 Å². The standard InChI is InChI=1S/C29H34N6O6/c1-17(18-12-14-19(15-13-18)20-10-8-9-11-21(20)24-31-33-34-32-24)35-22(23(29(5,6)38)30-27(35)39-7)25(36)40-16-41-26(37)28(2,3)4/h8-15,17,38H,16H2,1-7H3,(H,31,32,33,34). The van der Waals surface area contributed by atoms with Crippen molar-refractivity contribution in [2.75, 3.05) is 13.9 Å². The van der Waals surface area contributed by atoms with Crippen molar-refractivity contribution in [3.05, 3.63) is 65.5 Å². The fourth-order valence-corrected chi connectivity index (χ4v) is 4.25. The molecule has 0 aliphatic carbocycles. The molecule has 2 aromatic heterocycles. The molecular formula is C29H34N6O6. The topological polar surface area (TPSA) is 154 Å². The van der Waals surface area contributed by atoms with Gasteiger partial charge in [0.25, 0.3) is 6.01 Å². The van der Waals surface area contributed by atoms with Crippen molar-refractivity contribution in [3.8, 4) is 28.5 Å². The average molecular weight is 563 g/mol. The first kappa shape index (κ1) is 29.4. The van der Waals surface area contributed by atoms with E-state index in [0.717, 1.165) is 22.3 Å². The summed E-state index contributed by atoms with van der Waals surface area (Å²) >= 11 is 0. The number of aliphatic hydroxyl groups is 1. The molecule has 0 saturated heterocycles. The summed E-state index contributed by atoms with van der Waals surface area (Å²) < 4.78 is 17.5. The van der Waals surface area contributed by atoms with E-state index in [4.69, 9.17) is 14.2 Å². The van der Waals surface area contributed by atoms with Gasteiger partial charge in [0.15, 0.2) is 5.69 Å². The van der Waals surface area contributed by atoms with Crippen molar-refractivity contribution in [2.45, 2.75) is 53.2 Å². The minimum absolute atomic E-state index is 0.0137. The van der Waals surface area contributed by atoms with Crippen molar-refractivity contribution in [3.63, 3.8) is 0 Å².